The summed E-state index contributed by atoms with van der Waals surface area (Å²) in [6.07, 6.45) is 3.56. The number of nitrogens with one attached hydrogen (secondary N) is 1. The molecule has 1 unspecified atom stereocenters. The van der Waals surface area contributed by atoms with Gasteiger partial charge in [-0.2, -0.15) is 0 Å². The molecule has 1 aliphatic rings. The van der Waals surface area contributed by atoms with Gasteiger partial charge in [-0.05, 0) is 18.3 Å². The molecule has 0 saturated heterocycles. The number of allylic oxidation sites excluding steroid dienone is 2. The number of ketones is 1. The molecule has 24 heavy (non-hydrogen) atoms. The third kappa shape index (κ3) is 4.32. The average Bonchev–Trinajstić information content (AvgIpc) is 2.53. The second-order valence-electron chi connectivity index (χ2n) is 6.46. The fourth-order valence-electron chi connectivity index (χ4n) is 2.99. The Bertz CT molecular complexity index is 561. The highest BCUT2D eigenvalue weighted by Gasteiger charge is 2.49. The molecule has 6 heteroatoms. The molecule has 0 heterocycles. The van der Waals surface area contributed by atoms with Crippen LogP contribution in [0.4, 0.5) is 0 Å². The summed E-state index contributed by atoms with van der Waals surface area (Å²) in [4.78, 5) is 34.9. The zero-order valence-electron chi connectivity index (χ0n) is 15.3. The largest absolute Gasteiger partial charge is 0.468 e. The van der Waals surface area contributed by atoms with Crippen molar-refractivity contribution in [3.8, 4) is 0 Å². The lowest BCUT2D eigenvalue weighted by Gasteiger charge is -2.38. The molecule has 0 aliphatic heterocycles. The lowest BCUT2D eigenvalue weighted by Crippen LogP contribution is -2.47. The van der Waals surface area contributed by atoms with Crippen LogP contribution in [0.2, 0.25) is 0 Å². The van der Waals surface area contributed by atoms with E-state index in [2.05, 4.69) is 17.1 Å². The lowest BCUT2D eigenvalue weighted by molar-refractivity contribution is -0.153. The number of nitrogens with zero attached hydrogens (tertiary/aromatic N) is 1. The normalized spacial score (nSPS) is 23.8. The molecule has 1 fully saturated rings. The summed E-state index contributed by atoms with van der Waals surface area (Å²) in [5, 5.41) is 0. The minimum Gasteiger partial charge on any atom is -0.468 e. The highest BCUT2D eigenvalue weighted by atomic mass is 16.6. The quantitative estimate of drug-likeness (QED) is 0.193. The predicted molar refractivity (Wildman–Crippen MR) is 93.5 cm³/mol. The van der Waals surface area contributed by atoms with E-state index in [0.29, 0.717) is 36.4 Å². The summed E-state index contributed by atoms with van der Waals surface area (Å²) in [5.74, 6) is -1.63. The molecule has 0 aromatic rings. The number of aliphatic imine (C=N–C) groups is 1. The fraction of sp³-hybridized carbons (Fsp3) is 0.611. The second-order valence-corrected chi connectivity index (χ2v) is 6.46. The SMILES string of the molecule is C=CCONC(CCC)=C1C(=O)C(C(=O)OC)C(C)(C)CC1=NC. The summed E-state index contributed by atoms with van der Waals surface area (Å²) in [5.41, 5.74) is 4.07. The van der Waals surface area contributed by atoms with Crippen LogP contribution in [-0.4, -0.2) is 38.2 Å². The first-order valence-corrected chi connectivity index (χ1v) is 8.13. The van der Waals surface area contributed by atoms with Crippen molar-refractivity contribution >= 4 is 17.5 Å². The molecular weight excluding hydrogens is 308 g/mol. The number of hydrogen-bond acceptors (Lipinski definition) is 6. The first-order chi connectivity index (χ1) is 11.3. The van der Waals surface area contributed by atoms with E-state index in [1.165, 1.54) is 7.11 Å². The van der Waals surface area contributed by atoms with Crippen LogP contribution in [0.3, 0.4) is 0 Å². The zero-order chi connectivity index (χ0) is 18.3. The van der Waals surface area contributed by atoms with Gasteiger partial charge in [0.2, 0.25) is 0 Å². The maximum Gasteiger partial charge on any atom is 0.317 e. The van der Waals surface area contributed by atoms with Crippen molar-refractivity contribution in [1.29, 1.82) is 0 Å². The number of hydrogen-bond donors (Lipinski definition) is 1. The van der Waals surface area contributed by atoms with Crippen molar-refractivity contribution < 1.29 is 19.2 Å². The van der Waals surface area contributed by atoms with Crippen LogP contribution in [0.1, 0.15) is 40.0 Å². The van der Waals surface area contributed by atoms with E-state index in [0.717, 1.165) is 6.42 Å². The van der Waals surface area contributed by atoms with Gasteiger partial charge in [-0.15, -0.1) is 6.58 Å². The Morgan fingerprint density at radius 1 is 1.50 bits per heavy atom. The standard InChI is InChI=1S/C18H28N2O4/c1-7-9-12(20-24-10-8-2)14-13(19-5)11-18(3,4)15(16(14)21)17(22)23-6/h8,15,20H,2,7,9-11H2,1,3-6H3. The maximum absolute atomic E-state index is 13.1. The van der Waals surface area contributed by atoms with Crippen LogP contribution in [0.25, 0.3) is 0 Å². The Balaban J connectivity index is 3.38. The van der Waals surface area contributed by atoms with E-state index >= 15 is 0 Å². The van der Waals surface area contributed by atoms with Crippen LogP contribution in [0.15, 0.2) is 28.9 Å². The van der Waals surface area contributed by atoms with E-state index in [9.17, 15) is 9.59 Å². The number of esters is 1. The maximum atomic E-state index is 13.1. The van der Waals surface area contributed by atoms with Gasteiger partial charge in [0.1, 0.15) is 5.92 Å². The number of ether oxygens (including phenoxy) is 1. The average molecular weight is 336 g/mol. The molecular formula is C18H28N2O4. The summed E-state index contributed by atoms with van der Waals surface area (Å²) in [6, 6.07) is 0. The van der Waals surface area contributed by atoms with Crippen molar-refractivity contribution in [3.05, 3.63) is 23.9 Å². The minimum atomic E-state index is -0.851. The minimum absolute atomic E-state index is 0.267. The molecule has 0 bridgehead atoms. The molecule has 134 valence electrons. The van der Waals surface area contributed by atoms with Crippen LogP contribution < -0.4 is 5.48 Å². The number of methoxy groups -OCH3 is 1. The third-order valence-corrected chi connectivity index (χ3v) is 4.11. The Hall–Kier alpha value is -1.95. The number of Topliss-reactive ketones (excluding diaryl/α,β-unsaturated/α-hetero) is 1. The van der Waals surface area contributed by atoms with Crippen molar-refractivity contribution in [2.45, 2.75) is 40.0 Å². The Morgan fingerprint density at radius 3 is 2.67 bits per heavy atom. The van der Waals surface area contributed by atoms with Crippen molar-refractivity contribution in [3.63, 3.8) is 0 Å². The molecule has 6 nitrogen and oxygen atoms in total. The van der Waals surface area contributed by atoms with Gasteiger partial charge in [0.05, 0.1) is 25.0 Å². The molecule has 1 atom stereocenters. The van der Waals surface area contributed by atoms with Gasteiger partial charge in [0.15, 0.2) is 5.78 Å². The smallest absolute Gasteiger partial charge is 0.317 e. The highest BCUT2D eigenvalue weighted by Crippen LogP contribution is 2.41. The van der Waals surface area contributed by atoms with Crippen LogP contribution in [0.5, 0.6) is 0 Å². The predicted octanol–water partition coefficient (Wildman–Crippen LogP) is 2.61. The molecule has 0 amide bonds. The molecule has 0 spiro atoms. The molecule has 1 N–H and O–H groups in total. The summed E-state index contributed by atoms with van der Waals surface area (Å²) >= 11 is 0. The van der Waals surface area contributed by atoms with Crippen LogP contribution in [-0.2, 0) is 19.2 Å². The van der Waals surface area contributed by atoms with Crippen LogP contribution >= 0.6 is 0 Å². The Kier molecular flexibility index (Phi) is 7.35. The number of rotatable bonds is 7. The van der Waals surface area contributed by atoms with E-state index in [-0.39, 0.29) is 5.78 Å². The summed E-state index contributed by atoms with van der Waals surface area (Å²) in [7, 11) is 2.96. The summed E-state index contributed by atoms with van der Waals surface area (Å²) in [6.45, 7) is 9.68. The Morgan fingerprint density at radius 2 is 2.17 bits per heavy atom. The third-order valence-electron chi connectivity index (χ3n) is 4.11. The van der Waals surface area contributed by atoms with Gasteiger partial charge in [-0.1, -0.05) is 33.3 Å². The van der Waals surface area contributed by atoms with E-state index in [1.807, 2.05) is 20.8 Å². The monoisotopic (exact) mass is 336 g/mol. The van der Waals surface area contributed by atoms with E-state index in [4.69, 9.17) is 9.57 Å². The van der Waals surface area contributed by atoms with Crippen molar-refractivity contribution in [2.75, 3.05) is 20.8 Å². The Labute approximate surface area is 144 Å². The van der Waals surface area contributed by atoms with Gasteiger partial charge >= 0.3 is 5.97 Å². The van der Waals surface area contributed by atoms with Gasteiger partial charge in [-0.3, -0.25) is 24.9 Å². The molecule has 1 rings (SSSR count). The van der Waals surface area contributed by atoms with E-state index < -0.39 is 17.3 Å². The van der Waals surface area contributed by atoms with Gasteiger partial charge in [0, 0.05) is 12.8 Å². The first kappa shape index (κ1) is 20.1. The van der Waals surface area contributed by atoms with Gasteiger partial charge in [-0.25, -0.2) is 0 Å². The molecule has 1 saturated carbocycles. The van der Waals surface area contributed by atoms with Crippen LogP contribution in [0, 0.1) is 11.3 Å². The molecule has 0 radical (unpaired) electrons. The second kappa shape index (κ2) is 8.78. The number of carbonyl (C=O) groups is 2. The topological polar surface area (TPSA) is 77.0 Å². The molecule has 0 aromatic carbocycles. The van der Waals surface area contributed by atoms with Crippen molar-refractivity contribution in [1.82, 2.24) is 5.48 Å². The summed E-state index contributed by atoms with van der Waals surface area (Å²) < 4.78 is 4.86. The van der Waals surface area contributed by atoms with Gasteiger partial charge in [0.25, 0.3) is 0 Å². The van der Waals surface area contributed by atoms with E-state index in [1.54, 1.807) is 13.1 Å². The van der Waals surface area contributed by atoms with Gasteiger partial charge < -0.3 is 4.74 Å². The fourth-order valence-corrected chi connectivity index (χ4v) is 2.99. The van der Waals surface area contributed by atoms with Crippen molar-refractivity contribution in [2.24, 2.45) is 16.3 Å². The zero-order valence-corrected chi connectivity index (χ0v) is 15.3. The molecule has 1 aliphatic carbocycles. The lowest BCUT2D eigenvalue weighted by atomic mass is 9.65. The first-order valence-electron chi connectivity index (χ1n) is 8.13. The molecule has 0 aromatic heterocycles. The number of carbonyl (C=O) groups excluding carboxylic acids is 2. The number of hydroxylamine groups is 1. The highest BCUT2D eigenvalue weighted by molar-refractivity contribution is 6.29.